The van der Waals surface area contributed by atoms with Crippen LogP contribution < -0.4 is 14.8 Å². The van der Waals surface area contributed by atoms with Crippen molar-refractivity contribution in [1.82, 2.24) is 9.78 Å². The van der Waals surface area contributed by atoms with Gasteiger partial charge in [0.25, 0.3) is 5.91 Å². The third-order valence-corrected chi connectivity index (χ3v) is 4.74. The normalized spacial score (nSPS) is 10.2. The number of aromatic nitrogens is 2. The average Bonchev–Trinajstić information content (AvgIpc) is 3.30. The highest BCUT2D eigenvalue weighted by Crippen LogP contribution is 2.28. The molecule has 4 aromatic rings. The van der Waals surface area contributed by atoms with Gasteiger partial charge in [0.15, 0.2) is 6.61 Å². The van der Waals surface area contributed by atoms with Gasteiger partial charge in [-0.1, -0.05) is 30.3 Å². The molecule has 1 N–H and O–H groups in total. The van der Waals surface area contributed by atoms with Crippen molar-refractivity contribution in [3.63, 3.8) is 0 Å². The van der Waals surface area contributed by atoms with Gasteiger partial charge in [0.05, 0.1) is 18.4 Å². The number of nitrogens with zero attached hydrogens (tertiary/aromatic N) is 3. The molecule has 32 heavy (non-hydrogen) atoms. The molecule has 158 valence electrons. The molecular weight excluding hydrogens is 404 g/mol. The Morgan fingerprint density at radius 2 is 1.81 bits per heavy atom. The van der Waals surface area contributed by atoms with Crippen molar-refractivity contribution >= 4 is 11.6 Å². The first-order valence-corrected chi connectivity index (χ1v) is 9.88. The molecule has 1 heterocycles. The van der Waals surface area contributed by atoms with Gasteiger partial charge in [-0.2, -0.15) is 10.4 Å². The van der Waals surface area contributed by atoms with Gasteiger partial charge in [0, 0.05) is 17.4 Å². The van der Waals surface area contributed by atoms with Crippen LogP contribution in [0.1, 0.15) is 10.4 Å². The minimum atomic E-state index is -0.296. The van der Waals surface area contributed by atoms with Crippen LogP contribution in [0, 0.1) is 11.3 Å². The number of nitriles is 1. The number of carbonyl (C=O) groups is 1. The molecule has 0 saturated heterocycles. The summed E-state index contributed by atoms with van der Waals surface area (Å²) in [5.74, 6) is 0.935. The van der Waals surface area contributed by atoms with E-state index in [1.165, 1.54) is 0 Å². The van der Waals surface area contributed by atoms with E-state index in [1.807, 2.05) is 60.7 Å². The molecule has 3 aromatic carbocycles. The van der Waals surface area contributed by atoms with Gasteiger partial charge in [0.2, 0.25) is 0 Å². The highest BCUT2D eigenvalue weighted by Gasteiger charge is 2.19. The smallest absolute Gasteiger partial charge is 0.259 e. The van der Waals surface area contributed by atoms with E-state index >= 15 is 0 Å². The lowest BCUT2D eigenvalue weighted by Crippen LogP contribution is -2.12. The molecule has 0 fully saturated rings. The molecule has 0 unspecified atom stereocenters. The second kappa shape index (κ2) is 9.49. The van der Waals surface area contributed by atoms with Crippen LogP contribution in [0.2, 0.25) is 0 Å². The predicted molar refractivity (Wildman–Crippen MR) is 121 cm³/mol. The summed E-state index contributed by atoms with van der Waals surface area (Å²) in [7, 11) is 1.60. The van der Waals surface area contributed by atoms with Crippen molar-refractivity contribution in [2.45, 2.75) is 0 Å². The van der Waals surface area contributed by atoms with Crippen molar-refractivity contribution in [1.29, 1.82) is 5.26 Å². The summed E-state index contributed by atoms with van der Waals surface area (Å²) in [6, 6.07) is 25.8. The third-order valence-electron chi connectivity index (χ3n) is 4.74. The monoisotopic (exact) mass is 424 g/mol. The fourth-order valence-corrected chi connectivity index (χ4v) is 3.19. The maximum Gasteiger partial charge on any atom is 0.259 e. The Labute approximate surface area is 185 Å². The first kappa shape index (κ1) is 20.7. The Balaban J connectivity index is 1.67. The van der Waals surface area contributed by atoms with Crippen LogP contribution in [0.5, 0.6) is 11.5 Å². The fourth-order valence-electron chi connectivity index (χ4n) is 3.19. The van der Waals surface area contributed by atoms with Gasteiger partial charge in [-0.3, -0.25) is 4.79 Å². The first-order valence-electron chi connectivity index (χ1n) is 9.88. The van der Waals surface area contributed by atoms with Crippen LogP contribution in [0.3, 0.4) is 0 Å². The quantitative estimate of drug-likeness (QED) is 0.464. The third kappa shape index (κ3) is 4.60. The molecule has 0 aliphatic rings. The van der Waals surface area contributed by atoms with Crippen molar-refractivity contribution < 1.29 is 14.3 Å². The van der Waals surface area contributed by atoms with Crippen molar-refractivity contribution in [2.75, 3.05) is 19.0 Å². The van der Waals surface area contributed by atoms with Gasteiger partial charge in [-0.15, -0.1) is 0 Å². The highest BCUT2D eigenvalue weighted by atomic mass is 16.5. The summed E-state index contributed by atoms with van der Waals surface area (Å²) < 4.78 is 12.3. The molecule has 0 spiro atoms. The number of carbonyl (C=O) groups excluding carboxylic acids is 1. The summed E-state index contributed by atoms with van der Waals surface area (Å²) in [4.78, 5) is 13.2. The SMILES string of the molecule is COc1cccc(-c2nn(-c3ccccc3)cc2C(=O)Nc2ccc(OCC#N)cc2)c1. The van der Waals surface area contributed by atoms with Crippen molar-refractivity contribution in [3.05, 3.63) is 90.6 Å². The van der Waals surface area contributed by atoms with Crippen LogP contribution in [0.15, 0.2) is 85.1 Å². The van der Waals surface area contributed by atoms with Crippen LogP contribution in [-0.4, -0.2) is 29.4 Å². The zero-order chi connectivity index (χ0) is 22.3. The van der Waals surface area contributed by atoms with Gasteiger partial charge in [0.1, 0.15) is 23.3 Å². The lowest BCUT2D eigenvalue weighted by Gasteiger charge is -2.07. The Kier molecular flexibility index (Phi) is 6.14. The van der Waals surface area contributed by atoms with Gasteiger partial charge < -0.3 is 14.8 Å². The zero-order valence-corrected chi connectivity index (χ0v) is 17.4. The maximum atomic E-state index is 13.2. The van der Waals surface area contributed by atoms with Crippen LogP contribution in [0.25, 0.3) is 16.9 Å². The molecule has 0 aliphatic heterocycles. The lowest BCUT2D eigenvalue weighted by atomic mass is 10.1. The molecule has 0 aliphatic carbocycles. The van der Waals surface area contributed by atoms with E-state index in [0.29, 0.717) is 28.4 Å². The van der Waals surface area contributed by atoms with E-state index in [0.717, 1.165) is 11.3 Å². The summed E-state index contributed by atoms with van der Waals surface area (Å²) in [6.45, 7) is -0.0335. The number of rotatable bonds is 7. The lowest BCUT2D eigenvalue weighted by molar-refractivity contribution is 0.102. The van der Waals surface area contributed by atoms with Crippen LogP contribution in [0.4, 0.5) is 5.69 Å². The molecular formula is C25H20N4O3. The Hall–Kier alpha value is -4.57. The molecule has 7 nitrogen and oxygen atoms in total. The largest absolute Gasteiger partial charge is 0.497 e. The molecule has 1 aromatic heterocycles. The van der Waals surface area contributed by atoms with Crippen LogP contribution in [-0.2, 0) is 0 Å². The van der Waals surface area contributed by atoms with E-state index in [9.17, 15) is 4.79 Å². The number of hydrogen-bond acceptors (Lipinski definition) is 5. The van der Waals surface area contributed by atoms with E-state index in [2.05, 4.69) is 10.4 Å². The number of amides is 1. The Bertz CT molecular complexity index is 1260. The van der Waals surface area contributed by atoms with Gasteiger partial charge >= 0.3 is 0 Å². The topological polar surface area (TPSA) is 89.2 Å². The van der Waals surface area contributed by atoms with Gasteiger partial charge in [-0.25, -0.2) is 4.68 Å². The molecule has 0 saturated carbocycles. The number of ether oxygens (including phenoxy) is 2. The molecule has 0 radical (unpaired) electrons. The van der Waals surface area contributed by atoms with Gasteiger partial charge in [-0.05, 0) is 48.5 Å². The van der Waals surface area contributed by atoms with E-state index in [1.54, 1.807) is 42.3 Å². The fraction of sp³-hybridized carbons (Fsp3) is 0.0800. The van der Waals surface area contributed by atoms with E-state index < -0.39 is 0 Å². The molecule has 0 atom stereocenters. The Morgan fingerprint density at radius 3 is 2.53 bits per heavy atom. The van der Waals surface area contributed by atoms with Crippen molar-refractivity contribution in [3.8, 4) is 34.5 Å². The summed E-state index contributed by atoms with van der Waals surface area (Å²) in [5.41, 5.74) is 3.17. The minimum Gasteiger partial charge on any atom is -0.497 e. The molecule has 1 amide bonds. The molecule has 7 heteroatoms. The highest BCUT2D eigenvalue weighted by molar-refractivity contribution is 6.08. The minimum absolute atomic E-state index is 0.0335. The number of hydrogen-bond donors (Lipinski definition) is 1. The zero-order valence-electron chi connectivity index (χ0n) is 17.4. The predicted octanol–water partition coefficient (Wildman–Crippen LogP) is 4.70. The second-order valence-corrected chi connectivity index (χ2v) is 6.83. The number of para-hydroxylation sites is 1. The Morgan fingerprint density at radius 1 is 1.03 bits per heavy atom. The average molecular weight is 424 g/mol. The van der Waals surface area contributed by atoms with E-state index in [-0.39, 0.29) is 12.5 Å². The molecule has 4 rings (SSSR count). The van der Waals surface area contributed by atoms with Crippen LogP contribution >= 0.6 is 0 Å². The summed E-state index contributed by atoms with van der Waals surface area (Å²) >= 11 is 0. The number of anilines is 1. The standard InChI is InChI=1S/C25H20N4O3/c1-31-22-9-5-6-18(16-22)24-23(17-29(28-24)20-7-3-2-4-8-20)25(30)27-19-10-12-21(13-11-19)32-15-14-26/h2-13,16-17H,15H2,1H3,(H,27,30). The number of nitrogens with one attached hydrogen (secondary N) is 1. The number of methoxy groups -OCH3 is 1. The summed E-state index contributed by atoms with van der Waals surface area (Å²) in [5, 5.41) is 16.2. The van der Waals surface area contributed by atoms with E-state index in [4.69, 9.17) is 14.7 Å². The summed E-state index contributed by atoms with van der Waals surface area (Å²) in [6.07, 6.45) is 1.71. The van der Waals surface area contributed by atoms with Crippen molar-refractivity contribution in [2.24, 2.45) is 0 Å². The maximum absolute atomic E-state index is 13.2. The first-order chi connectivity index (χ1) is 15.7. The second-order valence-electron chi connectivity index (χ2n) is 6.83. The number of benzene rings is 3. The molecule has 0 bridgehead atoms.